The summed E-state index contributed by atoms with van der Waals surface area (Å²) >= 11 is 1.79. The average molecular weight is 304 g/mol. The SMILES string of the molecule is CC(Cc1cccs1)N(C)Cc1ccnc(C(N)=NO)c1. The zero-order valence-corrected chi connectivity index (χ0v) is 13.0. The van der Waals surface area contributed by atoms with Crippen LogP contribution < -0.4 is 5.73 Å². The minimum atomic E-state index is 0.0335. The normalized spacial score (nSPS) is 13.6. The van der Waals surface area contributed by atoms with Gasteiger partial charge >= 0.3 is 0 Å². The van der Waals surface area contributed by atoms with Gasteiger partial charge in [-0.2, -0.15) is 0 Å². The first-order valence-corrected chi connectivity index (χ1v) is 7.63. The molecule has 3 N–H and O–H groups in total. The van der Waals surface area contributed by atoms with Crippen molar-refractivity contribution in [2.75, 3.05) is 7.05 Å². The van der Waals surface area contributed by atoms with Gasteiger partial charge in [0.15, 0.2) is 5.84 Å². The summed E-state index contributed by atoms with van der Waals surface area (Å²) in [5.41, 5.74) is 7.15. The first kappa shape index (κ1) is 15.5. The van der Waals surface area contributed by atoms with E-state index >= 15 is 0 Å². The number of aromatic nitrogens is 1. The lowest BCUT2D eigenvalue weighted by molar-refractivity contribution is 0.249. The van der Waals surface area contributed by atoms with E-state index in [0.29, 0.717) is 11.7 Å². The third-order valence-corrected chi connectivity index (χ3v) is 4.35. The summed E-state index contributed by atoms with van der Waals surface area (Å²) in [6.07, 6.45) is 2.72. The molecule has 0 aliphatic heterocycles. The Morgan fingerprint density at radius 2 is 2.33 bits per heavy atom. The van der Waals surface area contributed by atoms with Crippen LogP contribution in [0.15, 0.2) is 41.0 Å². The van der Waals surface area contributed by atoms with E-state index in [0.717, 1.165) is 18.5 Å². The number of hydrogen-bond acceptors (Lipinski definition) is 5. The van der Waals surface area contributed by atoms with Gasteiger partial charge in [-0.3, -0.25) is 9.88 Å². The maximum absolute atomic E-state index is 8.71. The van der Waals surface area contributed by atoms with Crippen LogP contribution in [0.1, 0.15) is 23.1 Å². The molecule has 2 rings (SSSR count). The van der Waals surface area contributed by atoms with Crippen molar-refractivity contribution in [1.82, 2.24) is 9.88 Å². The van der Waals surface area contributed by atoms with Crippen LogP contribution >= 0.6 is 11.3 Å². The third-order valence-electron chi connectivity index (χ3n) is 3.46. The first-order chi connectivity index (χ1) is 10.1. The van der Waals surface area contributed by atoms with Crippen LogP contribution in [-0.2, 0) is 13.0 Å². The van der Waals surface area contributed by atoms with E-state index < -0.39 is 0 Å². The number of likely N-dealkylation sites (N-methyl/N-ethyl adjacent to an activating group) is 1. The topological polar surface area (TPSA) is 74.7 Å². The summed E-state index contributed by atoms with van der Waals surface area (Å²) in [6, 6.07) is 8.48. The fraction of sp³-hybridized carbons (Fsp3) is 0.333. The molecule has 0 spiro atoms. The van der Waals surface area contributed by atoms with Gasteiger partial charge in [0.1, 0.15) is 5.69 Å². The molecule has 0 aliphatic carbocycles. The van der Waals surface area contributed by atoms with E-state index in [-0.39, 0.29) is 5.84 Å². The number of nitrogens with two attached hydrogens (primary N) is 1. The number of nitrogens with zero attached hydrogens (tertiary/aromatic N) is 3. The van der Waals surface area contributed by atoms with Crippen molar-refractivity contribution in [3.05, 3.63) is 52.0 Å². The zero-order chi connectivity index (χ0) is 15.2. The standard InChI is InChI=1S/C15H20N4OS/c1-11(8-13-4-3-7-21-13)19(2)10-12-5-6-17-14(9-12)15(16)18-20/h3-7,9,11,20H,8,10H2,1-2H3,(H2,16,18). The zero-order valence-electron chi connectivity index (χ0n) is 12.2. The predicted octanol–water partition coefficient (Wildman–Crippen LogP) is 2.30. The summed E-state index contributed by atoms with van der Waals surface area (Å²) in [7, 11) is 2.10. The number of oxime groups is 1. The van der Waals surface area contributed by atoms with Gasteiger partial charge in [0.25, 0.3) is 0 Å². The molecule has 0 saturated heterocycles. The Balaban J connectivity index is 2.00. The highest BCUT2D eigenvalue weighted by molar-refractivity contribution is 7.09. The summed E-state index contributed by atoms with van der Waals surface area (Å²) < 4.78 is 0. The molecule has 0 radical (unpaired) electrons. The third kappa shape index (κ3) is 4.27. The molecule has 1 unspecified atom stereocenters. The van der Waals surface area contributed by atoms with Gasteiger partial charge in [-0.25, -0.2) is 0 Å². The highest BCUT2D eigenvalue weighted by Gasteiger charge is 2.12. The molecule has 5 nitrogen and oxygen atoms in total. The van der Waals surface area contributed by atoms with Crippen LogP contribution in [0, 0.1) is 0 Å². The minimum Gasteiger partial charge on any atom is -0.409 e. The quantitative estimate of drug-likeness (QED) is 0.372. The van der Waals surface area contributed by atoms with E-state index in [2.05, 4.69) is 46.5 Å². The van der Waals surface area contributed by atoms with Crippen molar-refractivity contribution >= 4 is 17.2 Å². The molecule has 0 aromatic carbocycles. The largest absolute Gasteiger partial charge is 0.409 e. The molecule has 0 amide bonds. The summed E-state index contributed by atoms with van der Waals surface area (Å²) in [6.45, 7) is 3.01. The van der Waals surface area contributed by atoms with Crippen LogP contribution in [0.2, 0.25) is 0 Å². The predicted molar refractivity (Wildman–Crippen MR) is 85.7 cm³/mol. The molecule has 0 aliphatic rings. The summed E-state index contributed by atoms with van der Waals surface area (Å²) in [5.74, 6) is 0.0335. The van der Waals surface area contributed by atoms with Gasteiger partial charge in [0.2, 0.25) is 0 Å². The van der Waals surface area contributed by atoms with Gasteiger partial charge in [-0.1, -0.05) is 11.2 Å². The van der Waals surface area contributed by atoms with Crippen LogP contribution in [-0.4, -0.2) is 34.0 Å². The Morgan fingerprint density at radius 3 is 3.00 bits per heavy atom. The molecule has 2 heterocycles. The molecular formula is C15H20N4OS. The van der Waals surface area contributed by atoms with E-state index in [4.69, 9.17) is 10.9 Å². The lowest BCUT2D eigenvalue weighted by Crippen LogP contribution is -2.30. The van der Waals surface area contributed by atoms with E-state index in [1.165, 1.54) is 4.88 Å². The van der Waals surface area contributed by atoms with Crippen molar-refractivity contribution in [3.63, 3.8) is 0 Å². The van der Waals surface area contributed by atoms with Crippen molar-refractivity contribution in [3.8, 4) is 0 Å². The fourth-order valence-corrected chi connectivity index (χ4v) is 2.91. The van der Waals surface area contributed by atoms with Crippen LogP contribution in [0.25, 0.3) is 0 Å². The highest BCUT2D eigenvalue weighted by atomic mass is 32.1. The van der Waals surface area contributed by atoms with E-state index in [1.807, 2.05) is 12.1 Å². The number of amidine groups is 1. The lowest BCUT2D eigenvalue weighted by atomic mass is 10.1. The molecule has 0 fully saturated rings. The molecule has 0 saturated carbocycles. The van der Waals surface area contributed by atoms with Gasteiger partial charge in [-0.15, -0.1) is 11.3 Å². The molecule has 112 valence electrons. The second-order valence-electron chi connectivity index (χ2n) is 5.08. The van der Waals surface area contributed by atoms with Gasteiger partial charge in [-0.05, 0) is 49.5 Å². The Hall–Kier alpha value is -1.92. The summed E-state index contributed by atoms with van der Waals surface area (Å²) in [4.78, 5) is 7.76. The maximum Gasteiger partial charge on any atom is 0.188 e. The Morgan fingerprint density at radius 1 is 1.52 bits per heavy atom. The average Bonchev–Trinajstić information content (AvgIpc) is 2.99. The first-order valence-electron chi connectivity index (χ1n) is 6.75. The monoisotopic (exact) mass is 304 g/mol. The molecule has 0 bridgehead atoms. The van der Waals surface area contributed by atoms with Crippen LogP contribution in [0.3, 0.4) is 0 Å². The molecular weight excluding hydrogens is 284 g/mol. The minimum absolute atomic E-state index is 0.0335. The number of hydrogen-bond donors (Lipinski definition) is 2. The molecule has 6 heteroatoms. The number of rotatable bonds is 6. The van der Waals surface area contributed by atoms with Crippen molar-refractivity contribution in [2.24, 2.45) is 10.9 Å². The number of thiophene rings is 1. The Kier molecular flexibility index (Phi) is 5.30. The van der Waals surface area contributed by atoms with Crippen molar-refractivity contribution in [1.29, 1.82) is 0 Å². The maximum atomic E-state index is 8.71. The molecule has 21 heavy (non-hydrogen) atoms. The van der Waals surface area contributed by atoms with Gasteiger partial charge < -0.3 is 10.9 Å². The van der Waals surface area contributed by atoms with E-state index in [1.54, 1.807) is 17.5 Å². The Bertz CT molecular complexity index is 597. The van der Waals surface area contributed by atoms with Crippen molar-refractivity contribution in [2.45, 2.75) is 25.9 Å². The summed E-state index contributed by atoms with van der Waals surface area (Å²) in [5, 5.41) is 13.8. The second-order valence-corrected chi connectivity index (χ2v) is 6.11. The van der Waals surface area contributed by atoms with Crippen LogP contribution in [0.4, 0.5) is 0 Å². The van der Waals surface area contributed by atoms with Gasteiger partial charge in [0, 0.05) is 23.7 Å². The molecule has 2 aromatic heterocycles. The lowest BCUT2D eigenvalue weighted by Gasteiger charge is -2.24. The highest BCUT2D eigenvalue weighted by Crippen LogP contribution is 2.15. The number of pyridine rings is 1. The Labute approximate surface area is 128 Å². The van der Waals surface area contributed by atoms with Crippen molar-refractivity contribution < 1.29 is 5.21 Å². The molecule has 1 atom stereocenters. The van der Waals surface area contributed by atoms with E-state index in [9.17, 15) is 0 Å². The smallest absolute Gasteiger partial charge is 0.188 e. The fourth-order valence-electron chi connectivity index (χ4n) is 2.08. The molecule has 2 aromatic rings. The van der Waals surface area contributed by atoms with Crippen LogP contribution in [0.5, 0.6) is 0 Å². The van der Waals surface area contributed by atoms with Gasteiger partial charge in [0.05, 0.1) is 0 Å². The second kappa shape index (κ2) is 7.19.